The summed E-state index contributed by atoms with van der Waals surface area (Å²) in [5, 5.41) is 19.9. The Kier molecular flexibility index (Phi) is 4.86. The fourth-order valence-electron chi connectivity index (χ4n) is 2.12. The fourth-order valence-corrected chi connectivity index (χ4v) is 2.12. The van der Waals surface area contributed by atoms with Gasteiger partial charge in [0.25, 0.3) is 5.69 Å². The van der Waals surface area contributed by atoms with Crippen LogP contribution >= 0.6 is 0 Å². The number of hydrogen-bond acceptors (Lipinski definition) is 4. The van der Waals surface area contributed by atoms with Crippen molar-refractivity contribution in [1.29, 1.82) is 0 Å². The number of hydrogen-bond donors (Lipinski definition) is 1. The van der Waals surface area contributed by atoms with Gasteiger partial charge in [-0.3, -0.25) is 10.1 Å². The second kappa shape index (κ2) is 6.17. The molecule has 0 saturated heterocycles. The van der Waals surface area contributed by atoms with E-state index in [1.165, 1.54) is 12.1 Å². The Morgan fingerprint density at radius 2 is 2.00 bits per heavy atom. The van der Waals surface area contributed by atoms with Gasteiger partial charge in [-0.2, -0.15) is 0 Å². The molecule has 104 valence electrons. The number of aromatic carboxylic acids is 1. The van der Waals surface area contributed by atoms with Crippen LogP contribution in [0.5, 0.6) is 0 Å². The monoisotopic (exact) mass is 266 g/mol. The van der Waals surface area contributed by atoms with Crippen LogP contribution in [0.1, 0.15) is 37.0 Å². The fraction of sp³-hybridized carbons (Fsp3) is 0.462. The molecule has 1 rings (SSSR count). The number of rotatable bonds is 6. The van der Waals surface area contributed by atoms with Crippen molar-refractivity contribution in [3.05, 3.63) is 33.9 Å². The van der Waals surface area contributed by atoms with E-state index in [2.05, 4.69) is 0 Å². The largest absolute Gasteiger partial charge is 0.477 e. The topological polar surface area (TPSA) is 83.7 Å². The van der Waals surface area contributed by atoms with Gasteiger partial charge in [0.15, 0.2) is 0 Å². The van der Waals surface area contributed by atoms with Crippen molar-refractivity contribution in [1.82, 2.24) is 0 Å². The van der Waals surface area contributed by atoms with E-state index in [-0.39, 0.29) is 17.3 Å². The van der Waals surface area contributed by atoms with Gasteiger partial charge in [0, 0.05) is 24.8 Å². The molecule has 0 amide bonds. The van der Waals surface area contributed by atoms with E-state index in [1.807, 2.05) is 25.8 Å². The highest BCUT2D eigenvalue weighted by atomic mass is 16.6. The van der Waals surface area contributed by atoms with E-state index >= 15 is 0 Å². The molecule has 0 aliphatic rings. The average Bonchev–Trinajstić information content (AvgIpc) is 2.39. The second-order valence-corrected chi connectivity index (χ2v) is 4.34. The van der Waals surface area contributed by atoms with Crippen LogP contribution in [-0.2, 0) is 0 Å². The van der Waals surface area contributed by atoms with Crippen molar-refractivity contribution in [3.8, 4) is 0 Å². The standard InChI is InChI=1S/C13H18N2O4/c1-4-9(5-2)14(3)10-6-7-11(13(16)17)12(8-10)15(18)19/h6-9H,4-5H2,1-3H3,(H,16,17). The van der Waals surface area contributed by atoms with Crippen molar-refractivity contribution >= 4 is 17.3 Å². The molecule has 0 radical (unpaired) electrons. The van der Waals surface area contributed by atoms with Gasteiger partial charge in [0.1, 0.15) is 5.56 Å². The van der Waals surface area contributed by atoms with Gasteiger partial charge in [-0.25, -0.2) is 4.79 Å². The maximum atomic E-state index is 10.9. The molecule has 0 spiro atoms. The van der Waals surface area contributed by atoms with Crippen LogP contribution in [0.15, 0.2) is 18.2 Å². The van der Waals surface area contributed by atoms with Crippen molar-refractivity contribution in [2.45, 2.75) is 32.7 Å². The predicted molar refractivity (Wildman–Crippen MR) is 72.8 cm³/mol. The minimum atomic E-state index is -1.29. The molecule has 19 heavy (non-hydrogen) atoms. The van der Waals surface area contributed by atoms with Crippen LogP contribution in [0.4, 0.5) is 11.4 Å². The Labute approximate surface area is 111 Å². The van der Waals surface area contributed by atoms with Crippen LogP contribution in [-0.4, -0.2) is 29.1 Å². The number of carboxylic acid groups (broad SMARTS) is 1. The predicted octanol–water partition coefficient (Wildman–Crippen LogP) is 2.92. The Bertz CT molecular complexity index is 484. The molecular weight excluding hydrogens is 248 g/mol. The smallest absolute Gasteiger partial charge is 0.342 e. The van der Waals surface area contributed by atoms with E-state index in [0.717, 1.165) is 12.8 Å². The average molecular weight is 266 g/mol. The van der Waals surface area contributed by atoms with Gasteiger partial charge in [-0.15, -0.1) is 0 Å². The Morgan fingerprint density at radius 3 is 2.42 bits per heavy atom. The van der Waals surface area contributed by atoms with E-state index in [1.54, 1.807) is 6.07 Å². The van der Waals surface area contributed by atoms with E-state index in [4.69, 9.17) is 5.11 Å². The summed E-state index contributed by atoms with van der Waals surface area (Å²) in [7, 11) is 1.86. The Morgan fingerprint density at radius 1 is 1.42 bits per heavy atom. The summed E-state index contributed by atoms with van der Waals surface area (Å²) in [6, 6.07) is 4.49. The SMILES string of the molecule is CCC(CC)N(C)c1ccc(C(=O)O)c([N+](=O)[O-])c1. The molecule has 0 saturated carbocycles. The number of nitrogens with zero attached hydrogens (tertiary/aromatic N) is 2. The third-order valence-electron chi connectivity index (χ3n) is 3.31. The molecule has 0 aliphatic carbocycles. The summed E-state index contributed by atoms with van der Waals surface area (Å²) in [6.45, 7) is 4.09. The van der Waals surface area contributed by atoms with Crippen molar-refractivity contribution in [2.24, 2.45) is 0 Å². The van der Waals surface area contributed by atoms with Crippen molar-refractivity contribution < 1.29 is 14.8 Å². The van der Waals surface area contributed by atoms with Gasteiger partial charge < -0.3 is 10.0 Å². The molecule has 0 aromatic heterocycles. The Balaban J connectivity index is 3.22. The summed E-state index contributed by atoms with van der Waals surface area (Å²) < 4.78 is 0. The number of carboxylic acids is 1. The van der Waals surface area contributed by atoms with Crippen LogP contribution in [0.2, 0.25) is 0 Å². The van der Waals surface area contributed by atoms with E-state index < -0.39 is 10.9 Å². The quantitative estimate of drug-likeness (QED) is 0.632. The third-order valence-corrected chi connectivity index (χ3v) is 3.31. The second-order valence-electron chi connectivity index (χ2n) is 4.34. The molecule has 1 aromatic rings. The summed E-state index contributed by atoms with van der Waals surface area (Å²) in [5.74, 6) is -1.29. The van der Waals surface area contributed by atoms with Crippen LogP contribution in [0.3, 0.4) is 0 Å². The lowest BCUT2D eigenvalue weighted by atomic mass is 10.1. The summed E-state index contributed by atoms with van der Waals surface area (Å²) in [6.07, 6.45) is 1.84. The summed E-state index contributed by atoms with van der Waals surface area (Å²) in [5.41, 5.74) is -0.0000898. The third kappa shape index (κ3) is 3.21. The lowest BCUT2D eigenvalue weighted by Crippen LogP contribution is -2.30. The van der Waals surface area contributed by atoms with E-state index in [0.29, 0.717) is 5.69 Å². The van der Waals surface area contributed by atoms with Gasteiger partial charge in [0.2, 0.25) is 0 Å². The molecule has 0 unspecified atom stereocenters. The number of carbonyl (C=O) groups is 1. The normalized spacial score (nSPS) is 10.5. The highest BCUT2D eigenvalue weighted by molar-refractivity contribution is 5.93. The molecule has 6 nitrogen and oxygen atoms in total. The number of nitro groups is 1. The molecule has 1 N–H and O–H groups in total. The summed E-state index contributed by atoms with van der Waals surface area (Å²) in [4.78, 5) is 23.2. The first-order valence-electron chi connectivity index (χ1n) is 6.16. The maximum absolute atomic E-state index is 10.9. The minimum Gasteiger partial charge on any atom is -0.477 e. The molecule has 1 aromatic carbocycles. The molecule has 6 heteroatoms. The van der Waals surface area contributed by atoms with Crippen LogP contribution < -0.4 is 4.90 Å². The van der Waals surface area contributed by atoms with Gasteiger partial charge in [-0.1, -0.05) is 13.8 Å². The lowest BCUT2D eigenvalue weighted by molar-refractivity contribution is -0.385. The van der Waals surface area contributed by atoms with Crippen molar-refractivity contribution in [3.63, 3.8) is 0 Å². The Hall–Kier alpha value is -2.11. The first kappa shape index (κ1) is 14.9. The molecule has 0 atom stereocenters. The molecule has 0 heterocycles. The highest BCUT2D eigenvalue weighted by Crippen LogP contribution is 2.27. The van der Waals surface area contributed by atoms with Crippen molar-refractivity contribution in [2.75, 3.05) is 11.9 Å². The van der Waals surface area contributed by atoms with Gasteiger partial charge in [-0.05, 0) is 25.0 Å². The summed E-state index contributed by atoms with van der Waals surface area (Å²) >= 11 is 0. The minimum absolute atomic E-state index is 0.273. The number of benzene rings is 1. The molecule has 0 bridgehead atoms. The lowest BCUT2D eigenvalue weighted by Gasteiger charge is -2.28. The maximum Gasteiger partial charge on any atom is 0.342 e. The molecule has 0 fully saturated rings. The molecular formula is C13H18N2O4. The number of anilines is 1. The zero-order valence-corrected chi connectivity index (χ0v) is 11.3. The zero-order chi connectivity index (χ0) is 14.6. The molecule has 0 aliphatic heterocycles. The van der Waals surface area contributed by atoms with Gasteiger partial charge >= 0.3 is 5.97 Å². The number of nitro benzene ring substituents is 1. The van der Waals surface area contributed by atoms with Crippen LogP contribution in [0.25, 0.3) is 0 Å². The van der Waals surface area contributed by atoms with Crippen LogP contribution in [0, 0.1) is 10.1 Å². The highest BCUT2D eigenvalue weighted by Gasteiger charge is 2.22. The van der Waals surface area contributed by atoms with Gasteiger partial charge in [0.05, 0.1) is 4.92 Å². The van der Waals surface area contributed by atoms with E-state index in [9.17, 15) is 14.9 Å². The zero-order valence-electron chi connectivity index (χ0n) is 11.3. The first-order chi connectivity index (χ1) is 8.92. The first-order valence-corrected chi connectivity index (χ1v) is 6.16.